The van der Waals surface area contributed by atoms with E-state index in [2.05, 4.69) is 10.2 Å². The van der Waals surface area contributed by atoms with Crippen molar-refractivity contribution in [1.29, 1.82) is 0 Å². The maximum Gasteiger partial charge on any atom is 0.159 e. The molecule has 0 aromatic carbocycles. The Kier molecular flexibility index (Phi) is 3.61. The lowest BCUT2D eigenvalue weighted by Crippen LogP contribution is -1.82. The highest BCUT2D eigenvalue weighted by atomic mass is 35.5. The second-order valence-electron chi connectivity index (χ2n) is 3.00. The average Bonchev–Trinajstić information content (AvgIpc) is 2.77. The van der Waals surface area contributed by atoms with Gasteiger partial charge in [-0.25, -0.2) is 0 Å². The fraction of sp³-hybridized carbons (Fsp3) is 0.333. The minimum absolute atomic E-state index is 0.575. The van der Waals surface area contributed by atoms with Crippen LogP contribution in [0.5, 0.6) is 0 Å². The van der Waals surface area contributed by atoms with Crippen LogP contribution in [0.3, 0.4) is 0 Å². The van der Waals surface area contributed by atoms with E-state index in [0.717, 1.165) is 31.9 Å². The van der Waals surface area contributed by atoms with E-state index in [9.17, 15) is 0 Å². The lowest BCUT2D eigenvalue weighted by molar-refractivity contribution is 0.991. The van der Waals surface area contributed by atoms with Gasteiger partial charge in [-0.15, -0.1) is 33.1 Å². The summed E-state index contributed by atoms with van der Waals surface area (Å²) in [6, 6.07) is 0. The smallest absolute Gasteiger partial charge is 0.143 e. The molecule has 0 unspecified atom stereocenters. The van der Waals surface area contributed by atoms with Crippen LogP contribution in [0, 0.1) is 6.92 Å². The van der Waals surface area contributed by atoms with Crippen molar-refractivity contribution in [3.8, 4) is 9.88 Å². The van der Waals surface area contributed by atoms with E-state index in [1.54, 1.807) is 22.7 Å². The molecule has 0 saturated heterocycles. The molecule has 0 aliphatic rings. The minimum atomic E-state index is 0.575. The molecule has 0 bridgehead atoms. The maximum atomic E-state index is 6.15. The van der Waals surface area contributed by atoms with E-state index in [-0.39, 0.29) is 0 Å². The monoisotopic (exact) mass is 278 g/mol. The van der Waals surface area contributed by atoms with Crippen LogP contribution in [0.15, 0.2) is 5.38 Å². The Morgan fingerprint density at radius 3 is 2.80 bits per heavy atom. The first-order chi connectivity index (χ1) is 7.22. The van der Waals surface area contributed by atoms with Crippen LogP contribution in [0.4, 0.5) is 0 Å². The molecule has 0 amide bonds. The molecule has 0 atom stereocenters. The number of hydrogen-bond acceptors (Lipinski definition) is 4. The summed E-state index contributed by atoms with van der Waals surface area (Å²) in [5.74, 6) is 0.575. The Bertz CT molecular complexity index is 464. The molecular formula is C9H8Cl2N2S2. The van der Waals surface area contributed by atoms with Gasteiger partial charge in [-0.05, 0) is 17.9 Å². The molecule has 2 aromatic heterocycles. The van der Waals surface area contributed by atoms with Crippen molar-refractivity contribution in [2.45, 2.75) is 13.3 Å². The van der Waals surface area contributed by atoms with Gasteiger partial charge >= 0.3 is 0 Å². The highest BCUT2D eigenvalue weighted by Gasteiger charge is 2.13. The summed E-state index contributed by atoms with van der Waals surface area (Å²) in [5, 5.41) is 12.8. The summed E-state index contributed by atoms with van der Waals surface area (Å²) in [6.45, 7) is 1.99. The molecule has 0 N–H and O–H groups in total. The molecule has 2 aromatic rings. The third kappa shape index (κ3) is 2.33. The second kappa shape index (κ2) is 4.78. The number of rotatable bonds is 3. The van der Waals surface area contributed by atoms with Crippen molar-refractivity contribution in [2.75, 3.05) is 5.88 Å². The first-order valence-electron chi connectivity index (χ1n) is 4.34. The van der Waals surface area contributed by atoms with Crippen LogP contribution in [0.25, 0.3) is 9.88 Å². The molecule has 0 aliphatic carbocycles. The SMILES string of the molecule is Cc1csc(-c2nnc(CCCl)s2)c1Cl. The van der Waals surface area contributed by atoms with E-state index in [0.29, 0.717) is 5.88 Å². The van der Waals surface area contributed by atoms with Gasteiger partial charge in [-0.1, -0.05) is 22.9 Å². The molecule has 0 fully saturated rings. The molecule has 15 heavy (non-hydrogen) atoms. The van der Waals surface area contributed by atoms with E-state index in [4.69, 9.17) is 23.2 Å². The van der Waals surface area contributed by atoms with E-state index < -0.39 is 0 Å². The number of hydrogen-bond donors (Lipinski definition) is 0. The number of aromatic nitrogens is 2. The Labute approximate surface area is 106 Å². The second-order valence-corrected chi connectivity index (χ2v) is 5.70. The van der Waals surface area contributed by atoms with Crippen molar-refractivity contribution >= 4 is 45.9 Å². The van der Waals surface area contributed by atoms with Crippen molar-refractivity contribution in [2.24, 2.45) is 0 Å². The van der Waals surface area contributed by atoms with Crippen molar-refractivity contribution in [1.82, 2.24) is 10.2 Å². The zero-order valence-electron chi connectivity index (χ0n) is 7.96. The number of alkyl halides is 1. The van der Waals surface area contributed by atoms with Gasteiger partial charge in [0.05, 0.1) is 9.90 Å². The van der Waals surface area contributed by atoms with Gasteiger partial charge in [0.2, 0.25) is 0 Å². The quantitative estimate of drug-likeness (QED) is 0.793. The highest BCUT2D eigenvalue weighted by Crippen LogP contribution is 2.37. The predicted octanol–water partition coefficient (Wildman–Crippen LogP) is 4.01. The van der Waals surface area contributed by atoms with Gasteiger partial charge in [0.1, 0.15) is 5.01 Å². The van der Waals surface area contributed by atoms with Crippen molar-refractivity contribution in [3.63, 3.8) is 0 Å². The molecular weight excluding hydrogens is 271 g/mol. The Hall–Kier alpha value is -0.160. The largest absolute Gasteiger partial charge is 0.159 e. The zero-order valence-corrected chi connectivity index (χ0v) is 11.1. The van der Waals surface area contributed by atoms with E-state index >= 15 is 0 Å². The van der Waals surface area contributed by atoms with E-state index in [1.165, 1.54) is 0 Å². The Morgan fingerprint density at radius 2 is 2.20 bits per heavy atom. The molecule has 0 saturated carbocycles. The lowest BCUT2D eigenvalue weighted by Gasteiger charge is -1.90. The average molecular weight is 279 g/mol. The molecule has 2 rings (SSSR count). The molecule has 80 valence electrons. The van der Waals surface area contributed by atoms with Gasteiger partial charge in [0.25, 0.3) is 0 Å². The van der Waals surface area contributed by atoms with Crippen LogP contribution >= 0.6 is 45.9 Å². The molecule has 2 heterocycles. The molecule has 6 heteroatoms. The van der Waals surface area contributed by atoms with Gasteiger partial charge in [-0.3, -0.25) is 0 Å². The molecule has 0 spiro atoms. The van der Waals surface area contributed by atoms with E-state index in [1.807, 2.05) is 12.3 Å². The maximum absolute atomic E-state index is 6.15. The van der Waals surface area contributed by atoms with Crippen molar-refractivity contribution in [3.05, 3.63) is 21.0 Å². The fourth-order valence-electron chi connectivity index (χ4n) is 1.10. The van der Waals surface area contributed by atoms with Gasteiger partial charge in [0.15, 0.2) is 5.01 Å². The molecule has 2 nitrogen and oxygen atoms in total. The third-order valence-corrected chi connectivity index (χ3v) is 4.89. The summed E-state index contributed by atoms with van der Waals surface area (Å²) in [4.78, 5) is 1.01. The van der Waals surface area contributed by atoms with Gasteiger partial charge in [-0.2, -0.15) is 0 Å². The summed E-state index contributed by atoms with van der Waals surface area (Å²) in [7, 11) is 0. The third-order valence-electron chi connectivity index (χ3n) is 1.87. The summed E-state index contributed by atoms with van der Waals surface area (Å²) in [6.07, 6.45) is 0.765. The minimum Gasteiger partial charge on any atom is -0.143 e. The fourth-order valence-corrected chi connectivity index (χ4v) is 3.66. The molecule has 0 radical (unpaired) electrons. The van der Waals surface area contributed by atoms with Crippen LogP contribution in [0.1, 0.15) is 10.6 Å². The highest BCUT2D eigenvalue weighted by molar-refractivity contribution is 7.21. The Morgan fingerprint density at radius 1 is 1.40 bits per heavy atom. The number of thiophene rings is 1. The normalized spacial score (nSPS) is 10.9. The predicted molar refractivity (Wildman–Crippen MR) is 67.4 cm³/mol. The summed E-state index contributed by atoms with van der Waals surface area (Å²) >= 11 is 15.0. The standard InChI is InChI=1S/C9H8Cl2N2S2/c1-5-4-14-8(7(5)11)9-13-12-6(15-9)2-3-10/h4H,2-3H2,1H3. The van der Waals surface area contributed by atoms with Crippen LogP contribution in [-0.4, -0.2) is 16.1 Å². The first-order valence-corrected chi connectivity index (χ1v) is 6.95. The van der Waals surface area contributed by atoms with Gasteiger partial charge < -0.3 is 0 Å². The number of aryl methyl sites for hydroxylation is 2. The summed E-state index contributed by atoms with van der Waals surface area (Å²) < 4.78 is 0. The number of nitrogens with zero attached hydrogens (tertiary/aromatic N) is 2. The zero-order chi connectivity index (χ0) is 10.8. The van der Waals surface area contributed by atoms with Crippen molar-refractivity contribution < 1.29 is 0 Å². The summed E-state index contributed by atoms with van der Waals surface area (Å²) in [5.41, 5.74) is 1.09. The van der Waals surface area contributed by atoms with Crippen LogP contribution in [-0.2, 0) is 6.42 Å². The lowest BCUT2D eigenvalue weighted by atomic mass is 10.3. The Balaban J connectivity index is 2.33. The van der Waals surface area contributed by atoms with Crippen LogP contribution in [0.2, 0.25) is 5.02 Å². The van der Waals surface area contributed by atoms with Crippen LogP contribution < -0.4 is 0 Å². The first kappa shape index (κ1) is 11.3. The topological polar surface area (TPSA) is 25.8 Å². The number of halogens is 2. The molecule has 0 aliphatic heterocycles. The van der Waals surface area contributed by atoms with Gasteiger partial charge in [0, 0.05) is 12.3 Å².